The topological polar surface area (TPSA) is 74.8 Å². The van der Waals surface area contributed by atoms with Gasteiger partial charge in [-0.3, -0.25) is 9.79 Å². The third kappa shape index (κ3) is 9.60. The third-order valence-electron chi connectivity index (χ3n) is 3.95. The summed E-state index contributed by atoms with van der Waals surface area (Å²) >= 11 is 0. The molecule has 0 fully saturated rings. The van der Waals surface area contributed by atoms with Gasteiger partial charge in [0.1, 0.15) is 11.6 Å². The molecule has 0 radical (unpaired) electrons. The van der Waals surface area contributed by atoms with Crippen molar-refractivity contribution in [1.29, 1.82) is 0 Å². The zero-order chi connectivity index (χ0) is 20.7. The maximum absolute atomic E-state index is 12.9. The molecule has 1 amide bonds. The summed E-state index contributed by atoms with van der Waals surface area (Å²) < 4.78 is 18.5. The summed E-state index contributed by atoms with van der Waals surface area (Å²) in [4.78, 5) is 16.4. The number of rotatable bonds is 11. The van der Waals surface area contributed by atoms with E-state index in [4.69, 9.17) is 4.74 Å². The summed E-state index contributed by atoms with van der Waals surface area (Å²) in [7, 11) is 0. The van der Waals surface area contributed by atoms with Crippen molar-refractivity contribution in [3.8, 4) is 5.75 Å². The molecule has 6 nitrogen and oxygen atoms in total. The number of guanidine groups is 1. The lowest BCUT2D eigenvalue weighted by molar-refractivity contribution is -0.120. The van der Waals surface area contributed by atoms with Crippen LogP contribution >= 0.6 is 0 Å². The van der Waals surface area contributed by atoms with E-state index >= 15 is 0 Å². The predicted octanol–water partition coefficient (Wildman–Crippen LogP) is 2.51. The quantitative estimate of drug-likeness (QED) is 0.308. The van der Waals surface area contributed by atoms with E-state index in [0.717, 1.165) is 24.3 Å². The molecule has 7 heteroatoms. The van der Waals surface area contributed by atoms with Gasteiger partial charge in [-0.2, -0.15) is 0 Å². The lowest BCUT2D eigenvalue weighted by atomic mass is 10.1. The second-order valence-electron chi connectivity index (χ2n) is 6.36. The van der Waals surface area contributed by atoms with Gasteiger partial charge >= 0.3 is 0 Å². The van der Waals surface area contributed by atoms with Gasteiger partial charge < -0.3 is 20.7 Å². The average molecular weight is 400 g/mol. The number of para-hydroxylation sites is 1. The van der Waals surface area contributed by atoms with E-state index in [0.29, 0.717) is 32.2 Å². The van der Waals surface area contributed by atoms with Crippen molar-refractivity contribution >= 4 is 11.9 Å². The molecule has 156 valence electrons. The Labute approximate surface area is 171 Å². The summed E-state index contributed by atoms with van der Waals surface area (Å²) in [5.41, 5.74) is 0.782. The number of amides is 1. The Hall–Kier alpha value is -3.09. The molecule has 2 aromatic rings. The molecule has 0 saturated carbocycles. The molecule has 0 unspecified atom stereocenters. The number of aliphatic imine (C=N–C) groups is 1. The van der Waals surface area contributed by atoms with E-state index < -0.39 is 0 Å². The SMILES string of the molecule is CCNC(=NCCCOc1ccccc1)NCCNC(=O)Cc1ccc(F)cc1. The Balaban J connectivity index is 1.61. The number of hydrogen-bond acceptors (Lipinski definition) is 3. The zero-order valence-corrected chi connectivity index (χ0v) is 16.8. The number of carbonyl (C=O) groups excluding carboxylic acids is 1. The Kier molecular flexibility index (Phi) is 10.1. The van der Waals surface area contributed by atoms with Gasteiger partial charge in [0, 0.05) is 32.6 Å². The van der Waals surface area contributed by atoms with Crippen molar-refractivity contribution in [2.45, 2.75) is 19.8 Å². The Bertz CT molecular complexity index is 751. The van der Waals surface area contributed by atoms with Crippen molar-refractivity contribution in [3.05, 3.63) is 66.0 Å². The highest BCUT2D eigenvalue weighted by atomic mass is 19.1. The number of nitrogens with zero attached hydrogens (tertiary/aromatic N) is 1. The number of nitrogens with one attached hydrogen (secondary N) is 3. The fourth-order valence-corrected chi connectivity index (χ4v) is 2.54. The minimum absolute atomic E-state index is 0.0987. The van der Waals surface area contributed by atoms with Crippen molar-refractivity contribution in [1.82, 2.24) is 16.0 Å². The van der Waals surface area contributed by atoms with Crippen LogP contribution in [0.15, 0.2) is 59.6 Å². The summed E-state index contributed by atoms with van der Waals surface area (Å²) in [6, 6.07) is 15.6. The van der Waals surface area contributed by atoms with E-state index in [9.17, 15) is 9.18 Å². The zero-order valence-electron chi connectivity index (χ0n) is 16.8. The normalized spacial score (nSPS) is 11.0. The van der Waals surface area contributed by atoms with Crippen LogP contribution < -0.4 is 20.7 Å². The summed E-state index contributed by atoms with van der Waals surface area (Å²) in [6.07, 6.45) is 1.04. The van der Waals surface area contributed by atoms with Gasteiger partial charge in [-0.1, -0.05) is 30.3 Å². The maximum Gasteiger partial charge on any atom is 0.224 e. The van der Waals surface area contributed by atoms with Gasteiger partial charge in [0.15, 0.2) is 5.96 Å². The van der Waals surface area contributed by atoms with Crippen LogP contribution in [-0.2, 0) is 11.2 Å². The molecule has 0 bridgehead atoms. The highest BCUT2D eigenvalue weighted by molar-refractivity contribution is 5.80. The molecule has 3 N–H and O–H groups in total. The smallest absolute Gasteiger partial charge is 0.224 e. The van der Waals surface area contributed by atoms with Crippen LogP contribution in [0.2, 0.25) is 0 Å². The molecule has 0 spiro atoms. The fraction of sp³-hybridized carbons (Fsp3) is 0.364. The van der Waals surface area contributed by atoms with E-state index in [2.05, 4.69) is 20.9 Å². The van der Waals surface area contributed by atoms with Gasteiger partial charge in [0.05, 0.1) is 13.0 Å². The monoisotopic (exact) mass is 400 g/mol. The second-order valence-corrected chi connectivity index (χ2v) is 6.36. The highest BCUT2D eigenvalue weighted by Gasteiger charge is 2.03. The van der Waals surface area contributed by atoms with Crippen LogP contribution in [-0.4, -0.2) is 44.7 Å². The fourth-order valence-electron chi connectivity index (χ4n) is 2.54. The molecular formula is C22H29FN4O2. The molecule has 0 aliphatic heterocycles. The number of benzene rings is 2. The van der Waals surface area contributed by atoms with Crippen LogP contribution in [0, 0.1) is 5.82 Å². The van der Waals surface area contributed by atoms with Gasteiger partial charge in [0.2, 0.25) is 5.91 Å². The summed E-state index contributed by atoms with van der Waals surface area (Å²) in [5.74, 6) is 1.16. The first-order chi connectivity index (χ1) is 14.2. The lowest BCUT2D eigenvalue weighted by Gasteiger charge is -2.12. The molecule has 29 heavy (non-hydrogen) atoms. The standard InChI is InChI=1S/C22H29FN4O2/c1-2-24-22(26-13-6-16-29-20-7-4-3-5-8-20)27-15-14-25-21(28)17-18-9-11-19(23)12-10-18/h3-5,7-12H,2,6,13-17H2,1H3,(H,25,28)(H2,24,26,27). The summed E-state index contributed by atoms with van der Waals surface area (Å²) in [5, 5.41) is 9.20. The third-order valence-corrected chi connectivity index (χ3v) is 3.95. The largest absolute Gasteiger partial charge is 0.494 e. The van der Waals surface area contributed by atoms with Crippen LogP contribution in [0.1, 0.15) is 18.9 Å². The molecule has 0 aliphatic rings. The minimum Gasteiger partial charge on any atom is -0.494 e. The Morgan fingerprint density at radius 3 is 2.45 bits per heavy atom. The molecular weight excluding hydrogens is 371 g/mol. The van der Waals surface area contributed by atoms with E-state index in [1.54, 1.807) is 12.1 Å². The first-order valence-electron chi connectivity index (χ1n) is 9.88. The van der Waals surface area contributed by atoms with Gasteiger partial charge in [0.25, 0.3) is 0 Å². The number of carbonyl (C=O) groups is 1. The van der Waals surface area contributed by atoms with E-state index in [1.165, 1.54) is 12.1 Å². The molecule has 2 aromatic carbocycles. The highest BCUT2D eigenvalue weighted by Crippen LogP contribution is 2.08. The summed E-state index contributed by atoms with van der Waals surface area (Å²) in [6.45, 7) is 5.03. The van der Waals surface area contributed by atoms with Gasteiger partial charge in [-0.15, -0.1) is 0 Å². The van der Waals surface area contributed by atoms with Crippen molar-refractivity contribution < 1.29 is 13.9 Å². The van der Waals surface area contributed by atoms with Crippen LogP contribution in [0.3, 0.4) is 0 Å². The number of ether oxygens (including phenoxy) is 1. The first kappa shape index (κ1) is 22.2. The molecule has 0 heterocycles. The predicted molar refractivity (Wildman–Crippen MR) is 114 cm³/mol. The molecule has 0 atom stereocenters. The first-order valence-corrected chi connectivity index (χ1v) is 9.88. The van der Waals surface area contributed by atoms with Gasteiger partial charge in [-0.05, 0) is 36.8 Å². The van der Waals surface area contributed by atoms with E-state index in [-0.39, 0.29) is 18.1 Å². The van der Waals surface area contributed by atoms with Crippen LogP contribution in [0.4, 0.5) is 4.39 Å². The Morgan fingerprint density at radius 1 is 1.00 bits per heavy atom. The molecule has 0 aromatic heterocycles. The lowest BCUT2D eigenvalue weighted by Crippen LogP contribution is -2.41. The minimum atomic E-state index is -0.305. The van der Waals surface area contributed by atoms with Crippen molar-refractivity contribution in [2.24, 2.45) is 4.99 Å². The maximum atomic E-state index is 12.9. The van der Waals surface area contributed by atoms with E-state index in [1.807, 2.05) is 37.3 Å². The Morgan fingerprint density at radius 2 is 1.72 bits per heavy atom. The molecule has 0 aliphatic carbocycles. The van der Waals surface area contributed by atoms with Crippen LogP contribution in [0.5, 0.6) is 5.75 Å². The second kappa shape index (κ2) is 13.1. The molecule has 0 saturated heterocycles. The average Bonchev–Trinajstić information content (AvgIpc) is 2.73. The number of hydrogen-bond donors (Lipinski definition) is 3. The van der Waals surface area contributed by atoms with Crippen LogP contribution in [0.25, 0.3) is 0 Å². The van der Waals surface area contributed by atoms with Gasteiger partial charge in [-0.25, -0.2) is 4.39 Å². The van der Waals surface area contributed by atoms with Crippen molar-refractivity contribution in [2.75, 3.05) is 32.8 Å². The van der Waals surface area contributed by atoms with Crippen molar-refractivity contribution in [3.63, 3.8) is 0 Å². The number of halogens is 1. The molecule has 2 rings (SSSR count).